The molecule has 9 heteroatoms. The topological polar surface area (TPSA) is 66.9 Å². The number of nitrogens with one attached hydrogen (secondary N) is 2. The largest absolute Gasteiger partial charge is 0.434 e. The zero-order valence-corrected chi connectivity index (χ0v) is 12.6. The van der Waals surface area contributed by atoms with Crippen molar-refractivity contribution in [3.8, 4) is 10.6 Å². The van der Waals surface area contributed by atoms with Gasteiger partial charge in [-0.05, 0) is 25.5 Å². The summed E-state index contributed by atoms with van der Waals surface area (Å²) in [5.41, 5.74) is 0.244. The van der Waals surface area contributed by atoms with Crippen LogP contribution >= 0.6 is 11.3 Å². The third kappa shape index (κ3) is 3.73. The van der Waals surface area contributed by atoms with Gasteiger partial charge in [0.25, 0.3) is 0 Å². The van der Waals surface area contributed by atoms with Crippen molar-refractivity contribution in [1.29, 1.82) is 0 Å². The lowest BCUT2D eigenvalue weighted by Crippen LogP contribution is -2.28. The van der Waals surface area contributed by atoms with Gasteiger partial charge in [0.05, 0.1) is 0 Å². The van der Waals surface area contributed by atoms with E-state index in [0.717, 1.165) is 16.7 Å². The molecule has 118 valence electrons. The molecule has 2 aromatic rings. The van der Waals surface area contributed by atoms with Gasteiger partial charge >= 0.3 is 12.2 Å². The molecular weight excluding hydrogens is 317 g/mol. The Morgan fingerprint density at radius 1 is 1.41 bits per heavy atom. The smallest absolute Gasteiger partial charge is 0.338 e. The highest BCUT2D eigenvalue weighted by Crippen LogP contribution is 2.34. The number of halogens is 3. The monoisotopic (exact) mass is 330 g/mol. The molecule has 0 aromatic carbocycles. The van der Waals surface area contributed by atoms with Crippen LogP contribution in [0.2, 0.25) is 0 Å². The molecule has 0 aliphatic heterocycles. The molecule has 0 bridgehead atoms. The molecule has 0 fully saturated rings. The first-order valence-electron chi connectivity index (χ1n) is 6.36. The molecule has 0 spiro atoms. The molecule has 0 saturated carbocycles. The van der Waals surface area contributed by atoms with E-state index in [4.69, 9.17) is 0 Å². The third-order valence-electron chi connectivity index (χ3n) is 2.71. The van der Waals surface area contributed by atoms with Crippen molar-refractivity contribution < 1.29 is 18.0 Å². The lowest BCUT2D eigenvalue weighted by Gasteiger charge is -2.08. The minimum absolute atomic E-state index is 0.228. The zero-order valence-electron chi connectivity index (χ0n) is 11.8. The predicted molar refractivity (Wildman–Crippen MR) is 77.8 cm³/mol. The summed E-state index contributed by atoms with van der Waals surface area (Å²) < 4.78 is 37.9. The van der Waals surface area contributed by atoms with Crippen LogP contribution in [-0.4, -0.2) is 22.5 Å². The lowest BCUT2D eigenvalue weighted by atomic mass is 10.1. The Kier molecular flexibility index (Phi) is 4.65. The van der Waals surface area contributed by atoms with Crippen LogP contribution in [0.4, 0.5) is 23.8 Å². The summed E-state index contributed by atoms with van der Waals surface area (Å²) in [7, 11) is 0. The number of amides is 2. The Hall–Kier alpha value is -2.16. The Labute approximate surface area is 128 Å². The predicted octanol–water partition coefficient (Wildman–Crippen LogP) is 3.67. The van der Waals surface area contributed by atoms with Crippen LogP contribution in [0.3, 0.4) is 0 Å². The number of carbonyl (C=O) groups is 1. The Morgan fingerprint density at radius 2 is 2.14 bits per heavy atom. The van der Waals surface area contributed by atoms with Gasteiger partial charge in [0.1, 0.15) is 10.8 Å². The highest BCUT2D eigenvalue weighted by molar-refractivity contribution is 7.13. The van der Waals surface area contributed by atoms with E-state index in [2.05, 4.69) is 20.6 Å². The number of hydrogen-bond donors (Lipinski definition) is 2. The molecule has 0 radical (unpaired) electrons. The van der Waals surface area contributed by atoms with Gasteiger partial charge in [0.2, 0.25) is 0 Å². The van der Waals surface area contributed by atoms with E-state index in [1.807, 2.05) is 0 Å². The van der Waals surface area contributed by atoms with Crippen LogP contribution in [0.25, 0.3) is 10.6 Å². The summed E-state index contributed by atoms with van der Waals surface area (Å²) in [5.74, 6) is 0.246. The van der Waals surface area contributed by atoms with Gasteiger partial charge in [-0.1, -0.05) is 0 Å². The van der Waals surface area contributed by atoms with Crippen LogP contribution in [0.1, 0.15) is 18.2 Å². The maximum Gasteiger partial charge on any atom is 0.434 e. The molecule has 2 heterocycles. The van der Waals surface area contributed by atoms with Crippen molar-refractivity contribution >= 4 is 23.2 Å². The van der Waals surface area contributed by atoms with Crippen LogP contribution < -0.4 is 10.6 Å². The van der Waals surface area contributed by atoms with E-state index >= 15 is 0 Å². The number of carbonyl (C=O) groups excluding carboxylic acids is 1. The van der Waals surface area contributed by atoms with Gasteiger partial charge in [0, 0.05) is 23.7 Å². The standard InChI is InChI=1S/C13H13F3N4OS/c1-3-17-12(21)20-10-4-8(7(2)5-18-10)11-19-9(6-22-11)13(14,15)16/h4-6H,3H2,1-2H3,(H2,17,18,20,21). The number of anilines is 1. The number of pyridine rings is 1. The van der Waals surface area contributed by atoms with E-state index in [0.29, 0.717) is 17.7 Å². The first kappa shape index (κ1) is 16.2. The molecule has 22 heavy (non-hydrogen) atoms. The summed E-state index contributed by atoms with van der Waals surface area (Å²) in [6.07, 6.45) is -3.00. The van der Waals surface area contributed by atoms with Crippen molar-refractivity contribution in [2.45, 2.75) is 20.0 Å². The third-order valence-corrected chi connectivity index (χ3v) is 3.58. The summed E-state index contributed by atoms with van der Waals surface area (Å²) in [5, 5.41) is 6.24. The van der Waals surface area contributed by atoms with Crippen molar-refractivity contribution in [2.75, 3.05) is 11.9 Å². The summed E-state index contributed by atoms with van der Waals surface area (Å²) in [6, 6.07) is 1.07. The summed E-state index contributed by atoms with van der Waals surface area (Å²) in [6.45, 7) is 3.93. The fourth-order valence-electron chi connectivity index (χ4n) is 1.67. The lowest BCUT2D eigenvalue weighted by molar-refractivity contribution is -0.140. The zero-order chi connectivity index (χ0) is 16.3. The number of rotatable bonds is 3. The average molecular weight is 330 g/mol. The van der Waals surface area contributed by atoms with E-state index in [-0.39, 0.29) is 10.8 Å². The fourth-order valence-corrected chi connectivity index (χ4v) is 2.58. The average Bonchev–Trinajstić information content (AvgIpc) is 2.90. The number of aryl methyl sites for hydroxylation is 1. The van der Waals surface area contributed by atoms with E-state index in [9.17, 15) is 18.0 Å². The Balaban J connectivity index is 2.30. The molecule has 5 nitrogen and oxygen atoms in total. The molecular formula is C13H13F3N4OS. The molecule has 0 saturated heterocycles. The van der Waals surface area contributed by atoms with Gasteiger partial charge in [-0.2, -0.15) is 13.2 Å². The summed E-state index contributed by atoms with van der Waals surface area (Å²) >= 11 is 0.894. The van der Waals surface area contributed by atoms with E-state index in [1.165, 1.54) is 12.3 Å². The van der Waals surface area contributed by atoms with Gasteiger partial charge < -0.3 is 5.32 Å². The van der Waals surface area contributed by atoms with Gasteiger partial charge in [-0.3, -0.25) is 5.32 Å². The van der Waals surface area contributed by atoms with Crippen molar-refractivity contribution in [2.24, 2.45) is 0 Å². The van der Waals surface area contributed by atoms with Crippen molar-refractivity contribution in [3.05, 3.63) is 28.9 Å². The molecule has 0 aliphatic carbocycles. The second-order valence-corrected chi connectivity index (χ2v) is 5.26. The van der Waals surface area contributed by atoms with Crippen LogP contribution in [0.5, 0.6) is 0 Å². The first-order valence-corrected chi connectivity index (χ1v) is 7.23. The molecule has 2 aromatic heterocycles. The number of aromatic nitrogens is 2. The number of urea groups is 1. The minimum atomic E-state index is -4.47. The maximum absolute atomic E-state index is 12.6. The second-order valence-electron chi connectivity index (χ2n) is 4.40. The summed E-state index contributed by atoms with van der Waals surface area (Å²) in [4.78, 5) is 19.1. The normalized spacial score (nSPS) is 11.3. The molecule has 2 N–H and O–H groups in total. The number of nitrogens with zero attached hydrogens (tertiary/aromatic N) is 2. The van der Waals surface area contributed by atoms with Crippen LogP contribution in [0.15, 0.2) is 17.6 Å². The molecule has 2 amide bonds. The number of hydrogen-bond acceptors (Lipinski definition) is 4. The van der Waals surface area contributed by atoms with Crippen LogP contribution in [0, 0.1) is 6.92 Å². The SMILES string of the molecule is CCNC(=O)Nc1cc(-c2nc(C(F)(F)F)cs2)c(C)cn1. The molecule has 0 atom stereocenters. The second kappa shape index (κ2) is 6.30. The Bertz CT molecular complexity index is 684. The molecule has 0 unspecified atom stereocenters. The highest BCUT2D eigenvalue weighted by atomic mass is 32.1. The first-order chi connectivity index (χ1) is 10.3. The fraction of sp³-hybridized carbons (Fsp3) is 0.308. The maximum atomic E-state index is 12.6. The minimum Gasteiger partial charge on any atom is -0.338 e. The number of thiazole rings is 1. The molecule has 2 rings (SSSR count). The number of alkyl halides is 3. The van der Waals surface area contributed by atoms with Crippen LogP contribution in [-0.2, 0) is 6.18 Å². The Morgan fingerprint density at radius 3 is 2.73 bits per heavy atom. The molecule has 0 aliphatic rings. The van der Waals surface area contributed by atoms with Gasteiger partial charge in [-0.15, -0.1) is 11.3 Å². The van der Waals surface area contributed by atoms with E-state index in [1.54, 1.807) is 13.8 Å². The van der Waals surface area contributed by atoms with Crippen molar-refractivity contribution in [1.82, 2.24) is 15.3 Å². The van der Waals surface area contributed by atoms with E-state index < -0.39 is 17.9 Å². The quantitative estimate of drug-likeness (QED) is 0.902. The van der Waals surface area contributed by atoms with Crippen molar-refractivity contribution in [3.63, 3.8) is 0 Å². The van der Waals surface area contributed by atoms with Gasteiger partial charge in [-0.25, -0.2) is 14.8 Å². The van der Waals surface area contributed by atoms with Gasteiger partial charge in [0.15, 0.2) is 5.69 Å². The highest BCUT2D eigenvalue weighted by Gasteiger charge is 2.34.